The van der Waals surface area contributed by atoms with Crippen molar-refractivity contribution < 1.29 is 4.74 Å². The molecule has 1 fully saturated rings. The zero-order valence-electron chi connectivity index (χ0n) is 15.2. The van der Waals surface area contributed by atoms with Crippen LogP contribution in [-0.2, 0) is 0 Å². The standard InChI is InChI=1S/C20H25N5O/c1-24(12-4-14-26-19-9-7-17(15-21)8-10-19)16-18-5-3-13-25(18)20-6-2-11-22-23-20/h2,6-11,18H,3-5,12-14,16H2,1H3. The van der Waals surface area contributed by atoms with Gasteiger partial charge in [-0.1, -0.05) is 0 Å². The van der Waals surface area contributed by atoms with Gasteiger partial charge in [-0.15, -0.1) is 5.10 Å². The molecule has 0 radical (unpaired) electrons. The molecule has 0 amide bonds. The molecule has 0 spiro atoms. The summed E-state index contributed by atoms with van der Waals surface area (Å²) in [5.41, 5.74) is 0.654. The number of nitrogens with zero attached hydrogens (tertiary/aromatic N) is 5. The second-order valence-electron chi connectivity index (χ2n) is 6.67. The third-order valence-corrected chi connectivity index (χ3v) is 4.69. The highest BCUT2D eigenvalue weighted by Crippen LogP contribution is 2.23. The van der Waals surface area contributed by atoms with Gasteiger partial charge in [0, 0.05) is 31.9 Å². The summed E-state index contributed by atoms with van der Waals surface area (Å²) < 4.78 is 5.75. The zero-order chi connectivity index (χ0) is 18.2. The van der Waals surface area contributed by atoms with Crippen molar-refractivity contribution >= 4 is 5.82 Å². The molecular formula is C20H25N5O. The second-order valence-corrected chi connectivity index (χ2v) is 6.67. The van der Waals surface area contributed by atoms with E-state index in [-0.39, 0.29) is 0 Å². The fourth-order valence-electron chi connectivity index (χ4n) is 3.37. The van der Waals surface area contributed by atoms with Gasteiger partial charge >= 0.3 is 0 Å². The molecule has 3 rings (SSSR count). The summed E-state index contributed by atoms with van der Waals surface area (Å²) in [6, 6.07) is 13.8. The number of nitriles is 1. The quantitative estimate of drug-likeness (QED) is 0.681. The summed E-state index contributed by atoms with van der Waals surface area (Å²) in [6.45, 7) is 3.74. The number of likely N-dealkylation sites (N-methyl/N-ethyl adjacent to an activating group) is 1. The molecule has 1 aliphatic rings. The molecule has 0 aliphatic carbocycles. The molecule has 6 nitrogen and oxygen atoms in total. The van der Waals surface area contributed by atoms with Gasteiger partial charge in [0.2, 0.25) is 0 Å². The zero-order valence-corrected chi connectivity index (χ0v) is 15.2. The summed E-state index contributed by atoms with van der Waals surface area (Å²) in [5, 5.41) is 17.1. The first-order valence-corrected chi connectivity index (χ1v) is 9.12. The molecule has 2 heterocycles. The largest absolute Gasteiger partial charge is 0.494 e. The monoisotopic (exact) mass is 351 g/mol. The Hall–Kier alpha value is -2.65. The lowest BCUT2D eigenvalue weighted by Gasteiger charge is -2.29. The SMILES string of the molecule is CN(CCCOc1ccc(C#N)cc1)CC1CCCN1c1cccnn1. The minimum atomic E-state index is 0.496. The fourth-order valence-corrected chi connectivity index (χ4v) is 3.37. The second kappa shape index (κ2) is 9.16. The summed E-state index contributed by atoms with van der Waals surface area (Å²) in [6.07, 6.45) is 5.09. The van der Waals surface area contributed by atoms with Crippen LogP contribution in [0.25, 0.3) is 0 Å². The van der Waals surface area contributed by atoms with Crippen molar-refractivity contribution in [1.82, 2.24) is 15.1 Å². The predicted octanol–water partition coefficient (Wildman–Crippen LogP) is 2.72. The molecular weight excluding hydrogens is 326 g/mol. The van der Waals surface area contributed by atoms with Crippen molar-refractivity contribution in [2.75, 3.05) is 38.2 Å². The van der Waals surface area contributed by atoms with Crippen LogP contribution in [0.3, 0.4) is 0 Å². The highest BCUT2D eigenvalue weighted by atomic mass is 16.5. The van der Waals surface area contributed by atoms with E-state index >= 15 is 0 Å². The first kappa shape index (κ1) is 18.2. The van der Waals surface area contributed by atoms with Gasteiger partial charge in [0.25, 0.3) is 0 Å². The Morgan fingerprint density at radius 1 is 1.31 bits per heavy atom. The molecule has 0 saturated carbocycles. The van der Waals surface area contributed by atoms with E-state index in [0.29, 0.717) is 18.2 Å². The number of rotatable bonds is 8. The summed E-state index contributed by atoms with van der Waals surface area (Å²) in [5.74, 6) is 1.80. The van der Waals surface area contributed by atoms with Gasteiger partial charge in [-0.3, -0.25) is 0 Å². The molecule has 1 aromatic carbocycles. The highest BCUT2D eigenvalue weighted by Gasteiger charge is 2.26. The molecule has 136 valence electrons. The first-order chi connectivity index (χ1) is 12.8. The van der Waals surface area contributed by atoms with Crippen LogP contribution < -0.4 is 9.64 Å². The van der Waals surface area contributed by atoms with E-state index in [1.807, 2.05) is 24.3 Å². The van der Waals surface area contributed by atoms with E-state index < -0.39 is 0 Å². The molecule has 2 aromatic rings. The predicted molar refractivity (Wildman–Crippen MR) is 101 cm³/mol. The van der Waals surface area contributed by atoms with E-state index in [2.05, 4.69) is 33.1 Å². The molecule has 26 heavy (non-hydrogen) atoms. The average Bonchev–Trinajstić information content (AvgIpc) is 3.14. The van der Waals surface area contributed by atoms with Crippen LogP contribution in [0, 0.1) is 11.3 Å². The lowest BCUT2D eigenvalue weighted by atomic mass is 10.2. The van der Waals surface area contributed by atoms with Crippen LogP contribution in [0.15, 0.2) is 42.6 Å². The molecule has 1 aliphatic heterocycles. The van der Waals surface area contributed by atoms with Gasteiger partial charge in [-0.2, -0.15) is 10.4 Å². The van der Waals surface area contributed by atoms with E-state index in [4.69, 9.17) is 10.00 Å². The van der Waals surface area contributed by atoms with Crippen molar-refractivity contribution in [3.63, 3.8) is 0 Å². The Bertz CT molecular complexity index is 713. The summed E-state index contributed by atoms with van der Waals surface area (Å²) in [4.78, 5) is 4.73. The molecule has 1 unspecified atom stereocenters. The number of benzene rings is 1. The third kappa shape index (κ3) is 4.93. The molecule has 6 heteroatoms. The Balaban J connectivity index is 1.39. The Kier molecular flexibility index (Phi) is 6.39. The van der Waals surface area contributed by atoms with Crippen molar-refractivity contribution in [2.24, 2.45) is 0 Å². The van der Waals surface area contributed by atoms with Crippen molar-refractivity contribution in [1.29, 1.82) is 5.26 Å². The van der Waals surface area contributed by atoms with Gasteiger partial charge < -0.3 is 14.5 Å². The lowest BCUT2D eigenvalue weighted by Crippen LogP contribution is -2.39. The summed E-state index contributed by atoms with van der Waals surface area (Å²) >= 11 is 0. The molecule has 1 atom stereocenters. The molecule has 0 bridgehead atoms. The maximum Gasteiger partial charge on any atom is 0.151 e. The van der Waals surface area contributed by atoms with Crippen molar-refractivity contribution in [2.45, 2.75) is 25.3 Å². The van der Waals surface area contributed by atoms with Crippen LogP contribution in [0.4, 0.5) is 5.82 Å². The van der Waals surface area contributed by atoms with Gasteiger partial charge in [-0.05, 0) is 62.7 Å². The maximum atomic E-state index is 8.80. The van der Waals surface area contributed by atoms with Crippen LogP contribution in [0.5, 0.6) is 5.75 Å². The maximum absolute atomic E-state index is 8.80. The van der Waals surface area contributed by atoms with Gasteiger partial charge in [0.05, 0.1) is 18.2 Å². The van der Waals surface area contributed by atoms with Crippen LogP contribution >= 0.6 is 0 Å². The fraction of sp³-hybridized carbons (Fsp3) is 0.450. The smallest absolute Gasteiger partial charge is 0.151 e. The number of anilines is 1. The van der Waals surface area contributed by atoms with Gasteiger partial charge in [-0.25, -0.2) is 0 Å². The number of ether oxygens (including phenoxy) is 1. The Morgan fingerprint density at radius 2 is 2.15 bits per heavy atom. The molecule has 1 saturated heterocycles. The average molecular weight is 351 g/mol. The van der Waals surface area contributed by atoms with Crippen molar-refractivity contribution in [3.05, 3.63) is 48.2 Å². The highest BCUT2D eigenvalue weighted by molar-refractivity contribution is 5.39. The normalized spacial score (nSPS) is 16.7. The summed E-state index contributed by atoms with van der Waals surface area (Å²) in [7, 11) is 2.16. The minimum absolute atomic E-state index is 0.496. The third-order valence-electron chi connectivity index (χ3n) is 4.69. The topological polar surface area (TPSA) is 65.3 Å². The van der Waals surface area contributed by atoms with Gasteiger partial charge in [0.1, 0.15) is 5.75 Å². The Labute approximate surface area is 155 Å². The number of hydrogen-bond acceptors (Lipinski definition) is 6. The van der Waals surface area contributed by atoms with Crippen molar-refractivity contribution in [3.8, 4) is 11.8 Å². The minimum Gasteiger partial charge on any atom is -0.494 e. The van der Waals surface area contributed by atoms with Crippen LogP contribution in [0.1, 0.15) is 24.8 Å². The molecule has 0 N–H and O–H groups in total. The van der Waals surface area contributed by atoms with Crippen LogP contribution in [-0.4, -0.2) is 54.4 Å². The first-order valence-electron chi connectivity index (χ1n) is 9.12. The van der Waals surface area contributed by atoms with E-state index in [9.17, 15) is 0 Å². The Morgan fingerprint density at radius 3 is 2.88 bits per heavy atom. The van der Waals surface area contributed by atoms with E-state index in [1.165, 1.54) is 12.8 Å². The lowest BCUT2D eigenvalue weighted by molar-refractivity contribution is 0.254. The van der Waals surface area contributed by atoms with Gasteiger partial charge in [0.15, 0.2) is 5.82 Å². The van der Waals surface area contributed by atoms with E-state index in [0.717, 1.165) is 37.6 Å². The number of hydrogen-bond donors (Lipinski definition) is 0. The van der Waals surface area contributed by atoms with Crippen LogP contribution in [0.2, 0.25) is 0 Å². The van der Waals surface area contributed by atoms with E-state index in [1.54, 1.807) is 18.3 Å². The molecule has 1 aromatic heterocycles. The number of aromatic nitrogens is 2.